The van der Waals surface area contributed by atoms with Gasteiger partial charge < -0.3 is 15.8 Å². The highest BCUT2D eigenvalue weighted by molar-refractivity contribution is 7.93. The molecule has 3 N–H and O–H groups in total. The monoisotopic (exact) mass is 494 g/mol. The van der Waals surface area contributed by atoms with Crippen LogP contribution < -0.4 is 11.1 Å². The third-order valence-corrected chi connectivity index (χ3v) is 9.29. The summed E-state index contributed by atoms with van der Waals surface area (Å²) in [6.07, 6.45) is 1.60. The molecule has 1 aliphatic heterocycles. The van der Waals surface area contributed by atoms with Crippen LogP contribution >= 0.6 is 11.6 Å². The van der Waals surface area contributed by atoms with E-state index in [9.17, 15) is 17.6 Å². The van der Waals surface area contributed by atoms with Gasteiger partial charge in [-0.1, -0.05) is 11.6 Å². The molecule has 8 nitrogen and oxygen atoms in total. The van der Waals surface area contributed by atoms with Gasteiger partial charge in [0.15, 0.2) is 9.84 Å². The van der Waals surface area contributed by atoms with E-state index in [0.29, 0.717) is 10.6 Å². The summed E-state index contributed by atoms with van der Waals surface area (Å²) >= 11 is 5.89. The van der Waals surface area contributed by atoms with Crippen LogP contribution in [0, 0.1) is 12.7 Å². The molecule has 1 aliphatic carbocycles. The molecule has 1 aromatic carbocycles. The SMILES string of the molecule is COC1CC2(C1)C(N)=NC(C)(c1cc(NC(=O)c3ncc(Cl)cc3C)ccc1F)CS2(=O)=O. The van der Waals surface area contributed by atoms with Crippen LogP contribution in [0.25, 0.3) is 0 Å². The molecule has 11 heteroatoms. The molecular weight excluding hydrogens is 471 g/mol. The molecule has 1 amide bonds. The molecule has 2 aliphatic rings. The first-order valence-corrected chi connectivity index (χ1v) is 12.3. The van der Waals surface area contributed by atoms with Crippen molar-refractivity contribution in [3.05, 3.63) is 58.1 Å². The molecule has 176 valence electrons. The molecule has 0 saturated heterocycles. The summed E-state index contributed by atoms with van der Waals surface area (Å²) in [4.78, 5) is 21.2. The van der Waals surface area contributed by atoms with Crippen LogP contribution in [0.4, 0.5) is 10.1 Å². The number of methoxy groups -OCH3 is 1. The molecule has 1 aromatic heterocycles. The fourth-order valence-corrected chi connectivity index (χ4v) is 7.19. The van der Waals surface area contributed by atoms with Gasteiger partial charge in [-0.25, -0.2) is 17.8 Å². The third kappa shape index (κ3) is 3.89. The number of hydrogen-bond acceptors (Lipinski definition) is 7. The number of nitrogens with one attached hydrogen (secondary N) is 1. The lowest BCUT2D eigenvalue weighted by molar-refractivity contribution is 0.0292. The first-order valence-electron chi connectivity index (χ1n) is 10.3. The number of ether oxygens (including phenoxy) is 1. The number of aryl methyl sites for hydroxylation is 1. The summed E-state index contributed by atoms with van der Waals surface area (Å²) in [7, 11) is -2.24. The van der Waals surface area contributed by atoms with Gasteiger partial charge in [0.2, 0.25) is 0 Å². The second kappa shape index (κ2) is 8.03. The molecule has 33 heavy (non-hydrogen) atoms. The number of carbonyl (C=O) groups excluding carboxylic acids is 1. The van der Waals surface area contributed by atoms with Crippen molar-refractivity contribution in [2.24, 2.45) is 10.7 Å². The molecule has 1 atom stereocenters. The van der Waals surface area contributed by atoms with Crippen molar-refractivity contribution in [2.75, 3.05) is 18.2 Å². The second-order valence-corrected chi connectivity index (χ2v) is 11.5. The number of amides is 1. The quantitative estimate of drug-likeness (QED) is 0.673. The molecule has 1 unspecified atom stereocenters. The zero-order valence-corrected chi connectivity index (χ0v) is 19.9. The van der Waals surface area contributed by atoms with Gasteiger partial charge in [-0.2, -0.15) is 0 Å². The highest BCUT2D eigenvalue weighted by Crippen LogP contribution is 2.48. The molecule has 2 heterocycles. The Kier molecular flexibility index (Phi) is 5.74. The van der Waals surface area contributed by atoms with E-state index in [2.05, 4.69) is 15.3 Å². The first kappa shape index (κ1) is 23.6. The van der Waals surface area contributed by atoms with Gasteiger partial charge in [-0.05, 0) is 43.7 Å². The van der Waals surface area contributed by atoms with Gasteiger partial charge in [0.25, 0.3) is 5.91 Å². The van der Waals surface area contributed by atoms with Crippen LogP contribution in [0.2, 0.25) is 5.02 Å². The summed E-state index contributed by atoms with van der Waals surface area (Å²) in [5.41, 5.74) is 5.73. The molecule has 1 fully saturated rings. The maximum atomic E-state index is 14.9. The van der Waals surface area contributed by atoms with Crippen molar-refractivity contribution in [1.29, 1.82) is 0 Å². The van der Waals surface area contributed by atoms with E-state index in [1.54, 1.807) is 13.0 Å². The number of aliphatic imine (C=N–C) groups is 1. The zero-order chi connectivity index (χ0) is 24.2. The minimum Gasteiger partial charge on any atom is -0.386 e. The van der Waals surface area contributed by atoms with Crippen LogP contribution in [0.15, 0.2) is 35.5 Å². The standard InChI is InChI=1S/C22H24ClFN4O4S/c1-12-6-13(23)10-26-18(12)19(29)27-14-4-5-17(24)16(7-14)21(2)11-33(30,31)22(20(25)28-21)8-15(9-22)32-3/h4-7,10,15H,8-9,11H2,1-3H3,(H2,25,28)(H,27,29). The molecule has 0 bridgehead atoms. The van der Waals surface area contributed by atoms with Crippen molar-refractivity contribution >= 4 is 38.9 Å². The van der Waals surface area contributed by atoms with E-state index in [0.717, 1.165) is 6.07 Å². The lowest BCUT2D eigenvalue weighted by Crippen LogP contribution is -2.66. The van der Waals surface area contributed by atoms with Crippen LogP contribution in [-0.4, -0.2) is 48.9 Å². The molecule has 2 aromatic rings. The summed E-state index contributed by atoms with van der Waals surface area (Å²) in [5, 5.41) is 3.07. The number of carbonyl (C=O) groups is 1. The summed E-state index contributed by atoms with van der Waals surface area (Å²) in [6, 6.07) is 5.52. The summed E-state index contributed by atoms with van der Waals surface area (Å²) in [6.45, 7) is 3.21. The van der Waals surface area contributed by atoms with Crippen LogP contribution in [0.5, 0.6) is 0 Å². The highest BCUT2D eigenvalue weighted by Gasteiger charge is 2.61. The second-order valence-electron chi connectivity index (χ2n) is 8.76. The Hall–Kier alpha value is -2.56. The van der Waals surface area contributed by atoms with Crippen LogP contribution in [0.1, 0.15) is 41.4 Å². The maximum absolute atomic E-state index is 14.9. The Morgan fingerprint density at radius 3 is 2.64 bits per heavy atom. The predicted molar refractivity (Wildman–Crippen MR) is 124 cm³/mol. The van der Waals surface area contributed by atoms with Crippen molar-refractivity contribution in [3.8, 4) is 0 Å². The van der Waals surface area contributed by atoms with Crippen LogP contribution in [0.3, 0.4) is 0 Å². The van der Waals surface area contributed by atoms with Gasteiger partial charge in [0.05, 0.1) is 16.9 Å². The number of nitrogens with zero attached hydrogens (tertiary/aromatic N) is 2. The Morgan fingerprint density at radius 2 is 2.03 bits per heavy atom. The molecule has 1 spiro atoms. The molecular formula is C22H24ClFN4O4S. The number of anilines is 1. The van der Waals surface area contributed by atoms with Gasteiger partial charge in [0.1, 0.15) is 27.6 Å². The number of amidine groups is 1. The number of halogens is 2. The molecule has 4 rings (SSSR count). The summed E-state index contributed by atoms with van der Waals surface area (Å²) < 4.78 is 45.3. The number of rotatable bonds is 4. The average molecular weight is 495 g/mol. The zero-order valence-electron chi connectivity index (χ0n) is 18.4. The summed E-state index contributed by atoms with van der Waals surface area (Å²) in [5.74, 6) is -1.62. The van der Waals surface area contributed by atoms with Crippen molar-refractivity contribution in [3.63, 3.8) is 0 Å². The highest BCUT2D eigenvalue weighted by atomic mass is 35.5. The van der Waals surface area contributed by atoms with Gasteiger partial charge in [0, 0.05) is 37.4 Å². The lowest BCUT2D eigenvalue weighted by Gasteiger charge is -2.49. The van der Waals surface area contributed by atoms with E-state index in [-0.39, 0.29) is 41.7 Å². The number of benzene rings is 1. The number of nitrogens with two attached hydrogens (primary N) is 1. The number of pyridine rings is 1. The topological polar surface area (TPSA) is 124 Å². The van der Waals surface area contributed by atoms with E-state index < -0.39 is 37.6 Å². The molecule has 1 saturated carbocycles. The number of sulfone groups is 1. The minimum absolute atomic E-state index is 0.0186. The Morgan fingerprint density at radius 1 is 1.33 bits per heavy atom. The van der Waals surface area contributed by atoms with Crippen molar-refractivity contribution < 1.29 is 22.3 Å². The average Bonchev–Trinajstić information content (AvgIpc) is 2.67. The lowest BCUT2D eigenvalue weighted by atomic mass is 9.79. The Balaban J connectivity index is 1.67. The minimum atomic E-state index is -3.75. The normalized spacial score (nSPS) is 28.2. The van der Waals surface area contributed by atoms with Gasteiger partial charge >= 0.3 is 0 Å². The smallest absolute Gasteiger partial charge is 0.274 e. The largest absolute Gasteiger partial charge is 0.386 e. The Labute approximate surface area is 196 Å². The van der Waals surface area contributed by atoms with E-state index in [1.807, 2.05) is 0 Å². The maximum Gasteiger partial charge on any atom is 0.274 e. The first-order chi connectivity index (χ1) is 15.4. The third-order valence-electron chi connectivity index (χ3n) is 6.41. The fourth-order valence-electron chi connectivity index (χ4n) is 4.50. The fraction of sp³-hybridized carbons (Fsp3) is 0.409. The molecule has 0 radical (unpaired) electrons. The van der Waals surface area contributed by atoms with E-state index in [1.165, 1.54) is 32.4 Å². The van der Waals surface area contributed by atoms with Crippen LogP contribution in [-0.2, 0) is 20.1 Å². The number of aromatic nitrogens is 1. The number of hydrogen-bond donors (Lipinski definition) is 2. The van der Waals surface area contributed by atoms with Gasteiger partial charge in [-0.15, -0.1) is 0 Å². The predicted octanol–water partition coefficient (Wildman–Crippen LogP) is 2.98. The Bertz CT molecular complexity index is 1280. The van der Waals surface area contributed by atoms with Crippen molar-refractivity contribution in [1.82, 2.24) is 4.98 Å². The van der Waals surface area contributed by atoms with E-state index >= 15 is 0 Å². The van der Waals surface area contributed by atoms with Gasteiger partial charge in [-0.3, -0.25) is 9.79 Å². The van der Waals surface area contributed by atoms with Crippen molar-refractivity contribution in [2.45, 2.75) is 43.1 Å². The van der Waals surface area contributed by atoms with E-state index in [4.69, 9.17) is 22.1 Å².